The molecule has 16 heavy (non-hydrogen) atoms. The van der Waals surface area contributed by atoms with Crippen molar-refractivity contribution in [1.29, 1.82) is 0 Å². The third-order valence-electron chi connectivity index (χ3n) is 3.22. The van der Waals surface area contributed by atoms with Crippen LogP contribution in [0.4, 0.5) is 0 Å². The van der Waals surface area contributed by atoms with Crippen molar-refractivity contribution in [2.45, 2.75) is 52.1 Å². The first-order chi connectivity index (χ1) is 7.63. The van der Waals surface area contributed by atoms with Gasteiger partial charge in [0.1, 0.15) is 0 Å². The summed E-state index contributed by atoms with van der Waals surface area (Å²) in [6, 6.07) is 1.18. The molecule has 1 aliphatic carbocycles. The van der Waals surface area contributed by atoms with E-state index in [-0.39, 0.29) is 0 Å². The summed E-state index contributed by atoms with van der Waals surface area (Å²) in [5, 5.41) is 3.46. The molecule has 0 bridgehead atoms. The van der Waals surface area contributed by atoms with E-state index in [0.29, 0.717) is 12.1 Å². The molecule has 92 valence electrons. The van der Waals surface area contributed by atoms with Gasteiger partial charge in [-0.2, -0.15) is 0 Å². The van der Waals surface area contributed by atoms with Gasteiger partial charge in [0.05, 0.1) is 6.54 Å². The van der Waals surface area contributed by atoms with Crippen LogP contribution in [0.3, 0.4) is 0 Å². The zero-order valence-corrected chi connectivity index (χ0v) is 11.0. The summed E-state index contributed by atoms with van der Waals surface area (Å²) in [5.41, 5.74) is 0. The molecule has 1 atom stereocenters. The lowest BCUT2D eigenvalue weighted by atomic mass is 10.1. The molecule has 1 unspecified atom stereocenters. The molecular weight excluding hydrogens is 196 g/mol. The first-order valence-corrected chi connectivity index (χ1v) is 6.54. The molecule has 1 aliphatic rings. The highest BCUT2D eigenvalue weighted by atomic mass is 15.2. The van der Waals surface area contributed by atoms with Gasteiger partial charge in [-0.25, -0.2) is 0 Å². The minimum Gasteiger partial charge on any atom is -0.314 e. The van der Waals surface area contributed by atoms with Gasteiger partial charge in [-0.15, -0.1) is 6.42 Å². The molecule has 0 amide bonds. The van der Waals surface area contributed by atoms with Crippen LogP contribution >= 0.6 is 0 Å². The maximum absolute atomic E-state index is 5.43. The number of hydrogen-bond acceptors (Lipinski definition) is 2. The largest absolute Gasteiger partial charge is 0.314 e. The lowest BCUT2D eigenvalue weighted by molar-refractivity contribution is 0.213. The molecule has 1 fully saturated rings. The molecule has 0 aromatic heterocycles. The number of nitrogens with zero attached hydrogens (tertiary/aromatic N) is 1. The Labute approximate surface area is 101 Å². The van der Waals surface area contributed by atoms with Gasteiger partial charge in [0.2, 0.25) is 0 Å². The van der Waals surface area contributed by atoms with Crippen LogP contribution in [-0.2, 0) is 0 Å². The average Bonchev–Trinajstić information content (AvgIpc) is 3.00. The van der Waals surface area contributed by atoms with E-state index in [1.165, 1.54) is 25.8 Å². The third-order valence-corrected chi connectivity index (χ3v) is 3.22. The van der Waals surface area contributed by atoms with Crippen LogP contribution in [0.2, 0.25) is 0 Å². The Morgan fingerprint density at radius 1 is 1.38 bits per heavy atom. The first kappa shape index (κ1) is 13.5. The Morgan fingerprint density at radius 2 is 2.06 bits per heavy atom. The Hall–Kier alpha value is -0.520. The minimum absolute atomic E-state index is 0.580. The maximum atomic E-state index is 5.43. The standard InChI is InChI=1S/C14H26N2/c1-5-10-16(11-14-6-7-14)13(4)8-9-15-12(2)3/h1,12-15H,6-11H2,2-4H3. The molecule has 1 saturated carbocycles. The quantitative estimate of drug-likeness (QED) is 0.633. The van der Waals surface area contributed by atoms with Gasteiger partial charge in [-0.3, -0.25) is 4.90 Å². The molecule has 2 nitrogen and oxygen atoms in total. The fourth-order valence-corrected chi connectivity index (χ4v) is 1.91. The number of terminal acetylenes is 1. The van der Waals surface area contributed by atoms with Crippen LogP contribution in [0.5, 0.6) is 0 Å². The highest BCUT2D eigenvalue weighted by molar-refractivity contribution is 4.91. The molecule has 0 heterocycles. The predicted octanol–water partition coefficient (Wildman–Crippen LogP) is 2.11. The summed E-state index contributed by atoms with van der Waals surface area (Å²) in [4.78, 5) is 2.46. The van der Waals surface area contributed by atoms with E-state index in [1.54, 1.807) is 0 Å². The summed E-state index contributed by atoms with van der Waals surface area (Å²) in [6.45, 7) is 9.76. The Kier molecular flexibility index (Phi) is 5.87. The first-order valence-electron chi connectivity index (χ1n) is 6.54. The van der Waals surface area contributed by atoms with Crippen molar-refractivity contribution in [3.63, 3.8) is 0 Å². The number of nitrogens with one attached hydrogen (secondary N) is 1. The van der Waals surface area contributed by atoms with Crippen LogP contribution in [0.15, 0.2) is 0 Å². The topological polar surface area (TPSA) is 15.3 Å². The van der Waals surface area contributed by atoms with Gasteiger partial charge in [-0.05, 0) is 38.6 Å². The van der Waals surface area contributed by atoms with Crippen molar-refractivity contribution < 1.29 is 0 Å². The van der Waals surface area contributed by atoms with Gasteiger partial charge in [0.25, 0.3) is 0 Å². The fourth-order valence-electron chi connectivity index (χ4n) is 1.91. The van der Waals surface area contributed by atoms with Crippen molar-refractivity contribution in [3.05, 3.63) is 0 Å². The second-order valence-corrected chi connectivity index (χ2v) is 5.32. The minimum atomic E-state index is 0.580. The lowest BCUT2D eigenvalue weighted by Gasteiger charge is -2.27. The van der Waals surface area contributed by atoms with Crippen molar-refractivity contribution in [1.82, 2.24) is 10.2 Å². The summed E-state index contributed by atoms with van der Waals surface area (Å²) >= 11 is 0. The van der Waals surface area contributed by atoms with E-state index >= 15 is 0 Å². The van der Waals surface area contributed by atoms with Crippen LogP contribution in [0, 0.1) is 18.3 Å². The summed E-state index contributed by atoms with van der Waals surface area (Å²) in [7, 11) is 0. The zero-order chi connectivity index (χ0) is 12.0. The summed E-state index contributed by atoms with van der Waals surface area (Å²) < 4.78 is 0. The number of hydrogen-bond donors (Lipinski definition) is 1. The zero-order valence-electron chi connectivity index (χ0n) is 11.0. The Balaban J connectivity index is 2.22. The third kappa shape index (κ3) is 5.53. The van der Waals surface area contributed by atoms with Crippen molar-refractivity contribution >= 4 is 0 Å². The second kappa shape index (κ2) is 6.93. The van der Waals surface area contributed by atoms with E-state index in [4.69, 9.17) is 6.42 Å². The monoisotopic (exact) mass is 222 g/mol. The normalized spacial score (nSPS) is 17.8. The molecule has 0 aromatic rings. The van der Waals surface area contributed by atoms with Crippen LogP contribution in [0.25, 0.3) is 0 Å². The van der Waals surface area contributed by atoms with Gasteiger partial charge in [0.15, 0.2) is 0 Å². The maximum Gasteiger partial charge on any atom is 0.0601 e. The van der Waals surface area contributed by atoms with Crippen LogP contribution < -0.4 is 5.32 Å². The molecule has 0 saturated heterocycles. The fraction of sp³-hybridized carbons (Fsp3) is 0.857. The Morgan fingerprint density at radius 3 is 2.56 bits per heavy atom. The van der Waals surface area contributed by atoms with Gasteiger partial charge in [-0.1, -0.05) is 19.8 Å². The second-order valence-electron chi connectivity index (χ2n) is 5.32. The Bertz CT molecular complexity index is 225. The molecule has 1 rings (SSSR count). The van der Waals surface area contributed by atoms with E-state index in [1.807, 2.05) is 0 Å². The lowest BCUT2D eigenvalue weighted by Crippen LogP contribution is -2.38. The van der Waals surface area contributed by atoms with E-state index in [9.17, 15) is 0 Å². The summed E-state index contributed by atoms with van der Waals surface area (Å²) in [6.07, 6.45) is 9.42. The summed E-state index contributed by atoms with van der Waals surface area (Å²) in [5.74, 6) is 3.71. The van der Waals surface area contributed by atoms with Crippen molar-refractivity contribution in [3.8, 4) is 12.3 Å². The van der Waals surface area contributed by atoms with Crippen LogP contribution in [0.1, 0.15) is 40.0 Å². The highest BCUT2D eigenvalue weighted by Crippen LogP contribution is 2.30. The van der Waals surface area contributed by atoms with Gasteiger partial charge >= 0.3 is 0 Å². The SMILES string of the molecule is C#CCN(CC1CC1)C(C)CCNC(C)C. The number of rotatable bonds is 8. The van der Waals surface area contributed by atoms with E-state index in [2.05, 4.69) is 36.9 Å². The molecular formula is C14H26N2. The van der Waals surface area contributed by atoms with Gasteiger partial charge in [0, 0.05) is 18.6 Å². The van der Waals surface area contributed by atoms with E-state index in [0.717, 1.165) is 19.0 Å². The highest BCUT2D eigenvalue weighted by Gasteiger charge is 2.25. The smallest absolute Gasteiger partial charge is 0.0601 e. The molecule has 1 N–H and O–H groups in total. The molecule has 2 heteroatoms. The molecule has 0 spiro atoms. The molecule has 0 aromatic carbocycles. The van der Waals surface area contributed by atoms with E-state index < -0.39 is 0 Å². The molecule has 0 radical (unpaired) electrons. The average molecular weight is 222 g/mol. The van der Waals surface area contributed by atoms with Gasteiger partial charge < -0.3 is 5.32 Å². The predicted molar refractivity (Wildman–Crippen MR) is 70.3 cm³/mol. The van der Waals surface area contributed by atoms with Crippen molar-refractivity contribution in [2.75, 3.05) is 19.6 Å². The van der Waals surface area contributed by atoms with Crippen LogP contribution in [-0.4, -0.2) is 36.6 Å². The van der Waals surface area contributed by atoms with Crippen molar-refractivity contribution in [2.24, 2.45) is 5.92 Å². The molecule has 0 aliphatic heterocycles.